The van der Waals surface area contributed by atoms with Gasteiger partial charge in [-0.3, -0.25) is 10.1 Å². The third-order valence-electron chi connectivity index (χ3n) is 5.68. The van der Waals surface area contributed by atoms with E-state index in [0.29, 0.717) is 18.3 Å². The molecule has 1 aliphatic rings. The predicted octanol–water partition coefficient (Wildman–Crippen LogP) is 4.65. The number of nitriles is 1. The summed E-state index contributed by atoms with van der Waals surface area (Å²) in [4.78, 5) is 14.9. The summed E-state index contributed by atoms with van der Waals surface area (Å²) in [5, 5.41) is 21.8. The molecule has 0 aliphatic carbocycles. The molecule has 0 atom stereocenters. The van der Waals surface area contributed by atoms with Gasteiger partial charge in [-0.2, -0.15) is 5.26 Å². The van der Waals surface area contributed by atoms with Crippen LogP contribution in [0.25, 0.3) is 6.08 Å². The van der Waals surface area contributed by atoms with Crippen molar-refractivity contribution < 1.29 is 9.53 Å². The van der Waals surface area contributed by atoms with Crippen molar-refractivity contribution in [2.24, 2.45) is 0 Å². The van der Waals surface area contributed by atoms with Gasteiger partial charge in [0.1, 0.15) is 17.4 Å². The Morgan fingerprint density at radius 1 is 1.21 bits per heavy atom. The third kappa shape index (κ3) is 6.02. The highest BCUT2D eigenvalue weighted by molar-refractivity contribution is 7.19. The molecule has 3 aromatic rings. The van der Waals surface area contributed by atoms with Gasteiger partial charge in [-0.25, -0.2) is 0 Å². The SMILES string of the molecule is Cc1ccccc1OCCCn1cccc1/C=C(/C#N)C(=O)Nc1nnc(N2CCCCC2)s1. The van der Waals surface area contributed by atoms with Gasteiger partial charge in [0.2, 0.25) is 10.3 Å². The fourth-order valence-electron chi connectivity index (χ4n) is 3.84. The molecule has 0 saturated carbocycles. The molecule has 3 heterocycles. The number of carbonyl (C=O) groups excluding carboxylic acids is 1. The molecule has 0 unspecified atom stereocenters. The molecule has 34 heavy (non-hydrogen) atoms. The average Bonchev–Trinajstić information content (AvgIpc) is 3.51. The number of para-hydroxylation sites is 1. The van der Waals surface area contributed by atoms with E-state index in [0.717, 1.165) is 54.5 Å². The monoisotopic (exact) mass is 476 g/mol. The Kier molecular flexibility index (Phi) is 7.94. The van der Waals surface area contributed by atoms with Crippen LogP contribution in [-0.4, -0.2) is 40.4 Å². The van der Waals surface area contributed by atoms with Gasteiger partial charge in [0.25, 0.3) is 5.91 Å². The predicted molar refractivity (Wildman–Crippen MR) is 134 cm³/mol. The molecule has 0 radical (unpaired) electrons. The molecular formula is C25H28N6O2S. The number of anilines is 2. The highest BCUT2D eigenvalue weighted by atomic mass is 32.1. The molecule has 4 rings (SSSR count). The first-order valence-corrected chi connectivity index (χ1v) is 12.3. The van der Waals surface area contributed by atoms with Gasteiger partial charge in [0.05, 0.1) is 6.61 Å². The molecule has 1 aromatic carbocycles. The summed E-state index contributed by atoms with van der Waals surface area (Å²) >= 11 is 1.34. The van der Waals surface area contributed by atoms with Gasteiger partial charge >= 0.3 is 0 Å². The lowest BCUT2D eigenvalue weighted by atomic mass is 10.1. The summed E-state index contributed by atoms with van der Waals surface area (Å²) < 4.78 is 7.87. The minimum atomic E-state index is -0.487. The van der Waals surface area contributed by atoms with Crippen LogP contribution >= 0.6 is 11.3 Å². The van der Waals surface area contributed by atoms with E-state index in [9.17, 15) is 10.1 Å². The van der Waals surface area contributed by atoms with Crippen molar-refractivity contribution in [1.82, 2.24) is 14.8 Å². The van der Waals surface area contributed by atoms with Crippen LogP contribution in [-0.2, 0) is 11.3 Å². The number of piperidine rings is 1. The second kappa shape index (κ2) is 11.5. The fourth-order valence-corrected chi connectivity index (χ4v) is 4.63. The number of ether oxygens (including phenoxy) is 1. The molecule has 2 aromatic heterocycles. The quantitative estimate of drug-likeness (QED) is 0.274. The maximum Gasteiger partial charge on any atom is 0.268 e. The summed E-state index contributed by atoms with van der Waals surface area (Å²) in [6.07, 6.45) is 7.84. The first kappa shape index (κ1) is 23.5. The zero-order valence-corrected chi connectivity index (χ0v) is 20.1. The molecule has 1 amide bonds. The zero-order chi connectivity index (χ0) is 23.8. The number of rotatable bonds is 9. The number of benzene rings is 1. The molecule has 0 spiro atoms. The van der Waals surface area contributed by atoms with Crippen molar-refractivity contribution >= 4 is 33.6 Å². The fraction of sp³-hybridized carbons (Fsp3) is 0.360. The minimum Gasteiger partial charge on any atom is -0.493 e. The Hall–Kier alpha value is -3.64. The van der Waals surface area contributed by atoms with Crippen LogP contribution in [0.1, 0.15) is 36.9 Å². The van der Waals surface area contributed by atoms with E-state index in [1.54, 1.807) is 6.08 Å². The van der Waals surface area contributed by atoms with Crippen LogP contribution in [0, 0.1) is 18.3 Å². The third-order valence-corrected chi connectivity index (χ3v) is 6.58. The minimum absolute atomic E-state index is 0.0193. The number of hydrogen-bond acceptors (Lipinski definition) is 7. The van der Waals surface area contributed by atoms with E-state index in [2.05, 4.69) is 20.4 Å². The van der Waals surface area contributed by atoms with Crippen molar-refractivity contribution in [3.05, 3.63) is 59.4 Å². The molecule has 8 nitrogen and oxygen atoms in total. The maximum atomic E-state index is 12.7. The lowest BCUT2D eigenvalue weighted by molar-refractivity contribution is -0.112. The Balaban J connectivity index is 1.34. The van der Waals surface area contributed by atoms with Gasteiger partial charge in [-0.1, -0.05) is 29.5 Å². The molecule has 176 valence electrons. The largest absolute Gasteiger partial charge is 0.493 e. The molecular weight excluding hydrogens is 448 g/mol. The summed E-state index contributed by atoms with van der Waals surface area (Å²) in [6.45, 7) is 5.22. The van der Waals surface area contributed by atoms with Crippen LogP contribution < -0.4 is 15.0 Å². The van der Waals surface area contributed by atoms with Crippen molar-refractivity contribution in [2.45, 2.75) is 39.2 Å². The number of aromatic nitrogens is 3. The van der Waals surface area contributed by atoms with Crippen LogP contribution in [0.2, 0.25) is 0 Å². The van der Waals surface area contributed by atoms with Crippen molar-refractivity contribution in [2.75, 3.05) is 29.9 Å². The molecule has 1 N–H and O–H groups in total. The Morgan fingerprint density at radius 3 is 2.82 bits per heavy atom. The number of nitrogens with zero attached hydrogens (tertiary/aromatic N) is 5. The molecule has 9 heteroatoms. The first-order valence-electron chi connectivity index (χ1n) is 11.5. The van der Waals surface area contributed by atoms with Crippen molar-refractivity contribution in [3.63, 3.8) is 0 Å². The Bertz CT molecular complexity index is 1190. The standard InChI is InChI=1S/C25H28N6O2S/c1-19-9-3-4-11-22(19)33-16-8-15-30-14-7-10-21(30)17-20(18-26)23(32)27-24-28-29-25(34-24)31-12-5-2-6-13-31/h3-4,7,9-11,14,17H,2,5-6,8,12-13,15-16H2,1H3,(H,27,28,32)/b20-17-. The number of nitrogens with one attached hydrogen (secondary N) is 1. The first-order chi connectivity index (χ1) is 16.6. The Morgan fingerprint density at radius 2 is 2.03 bits per heavy atom. The smallest absolute Gasteiger partial charge is 0.268 e. The maximum absolute atomic E-state index is 12.7. The van der Waals surface area contributed by atoms with Gasteiger partial charge in [0.15, 0.2) is 0 Å². The Labute approximate surface area is 203 Å². The second-order valence-corrected chi connectivity index (χ2v) is 9.11. The number of carbonyl (C=O) groups is 1. The molecule has 0 bridgehead atoms. The number of aryl methyl sites for hydroxylation is 2. The van der Waals surface area contributed by atoms with Gasteiger partial charge < -0.3 is 14.2 Å². The summed E-state index contributed by atoms with van der Waals surface area (Å²) in [5.41, 5.74) is 1.91. The lowest BCUT2D eigenvalue weighted by Gasteiger charge is -2.25. The number of amides is 1. The molecule has 1 aliphatic heterocycles. The molecule has 1 fully saturated rings. The van der Waals surface area contributed by atoms with E-state index in [4.69, 9.17) is 4.74 Å². The van der Waals surface area contributed by atoms with Gasteiger partial charge in [-0.15, -0.1) is 10.2 Å². The highest BCUT2D eigenvalue weighted by Crippen LogP contribution is 2.27. The van der Waals surface area contributed by atoms with Crippen molar-refractivity contribution in [1.29, 1.82) is 5.26 Å². The molecule has 1 saturated heterocycles. The van der Waals surface area contributed by atoms with Gasteiger partial charge in [0, 0.05) is 31.5 Å². The van der Waals surface area contributed by atoms with Gasteiger partial charge in [-0.05, 0) is 62.4 Å². The van der Waals surface area contributed by atoms with E-state index in [-0.39, 0.29) is 5.57 Å². The second-order valence-electron chi connectivity index (χ2n) is 8.16. The number of hydrogen-bond donors (Lipinski definition) is 1. The lowest BCUT2D eigenvalue weighted by Crippen LogP contribution is -2.29. The topological polar surface area (TPSA) is 96.1 Å². The van der Waals surface area contributed by atoms with Crippen LogP contribution in [0.5, 0.6) is 5.75 Å². The van der Waals surface area contributed by atoms with E-state index >= 15 is 0 Å². The zero-order valence-electron chi connectivity index (χ0n) is 19.2. The van der Waals surface area contributed by atoms with Crippen molar-refractivity contribution in [3.8, 4) is 11.8 Å². The van der Waals surface area contributed by atoms with Crippen LogP contribution in [0.3, 0.4) is 0 Å². The van der Waals surface area contributed by atoms with E-state index in [1.807, 2.05) is 60.2 Å². The highest BCUT2D eigenvalue weighted by Gasteiger charge is 2.18. The van der Waals surface area contributed by atoms with E-state index in [1.165, 1.54) is 17.8 Å². The summed E-state index contributed by atoms with van der Waals surface area (Å²) in [6, 6.07) is 13.7. The average molecular weight is 477 g/mol. The summed E-state index contributed by atoms with van der Waals surface area (Å²) in [5.74, 6) is 0.401. The normalized spacial score (nSPS) is 14.0. The van der Waals surface area contributed by atoms with Crippen LogP contribution in [0.4, 0.5) is 10.3 Å². The van der Waals surface area contributed by atoms with Crippen LogP contribution in [0.15, 0.2) is 48.2 Å². The summed E-state index contributed by atoms with van der Waals surface area (Å²) in [7, 11) is 0. The van der Waals surface area contributed by atoms with E-state index < -0.39 is 5.91 Å².